The van der Waals surface area contributed by atoms with Crippen LogP contribution in [0.1, 0.15) is 33.1 Å². The second-order valence-corrected chi connectivity index (χ2v) is 5.10. The maximum Gasteiger partial charge on any atom is 0.107 e. The van der Waals surface area contributed by atoms with Gasteiger partial charge in [-0.2, -0.15) is 0 Å². The van der Waals surface area contributed by atoms with Crippen LogP contribution in [0.25, 0.3) is 0 Å². The summed E-state index contributed by atoms with van der Waals surface area (Å²) in [5, 5.41) is 26.1. The Labute approximate surface area is 97.2 Å². The van der Waals surface area contributed by atoms with Crippen molar-refractivity contribution >= 4 is 0 Å². The van der Waals surface area contributed by atoms with E-state index in [9.17, 15) is 0 Å². The Hall–Kier alpha value is -0.160. The Morgan fingerprint density at radius 1 is 1.06 bits per heavy atom. The first kappa shape index (κ1) is 13.9. The monoisotopic (exact) mass is 232 g/mol. The van der Waals surface area contributed by atoms with E-state index in [1.54, 1.807) is 0 Å². The predicted molar refractivity (Wildman–Crippen MR) is 61.0 cm³/mol. The van der Waals surface area contributed by atoms with Crippen molar-refractivity contribution in [2.45, 2.75) is 51.4 Å². The molecule has 4 heteroatoms. The number of ether oxygens (including phenoxy) is 1. The third-order valence-corrected chi connectivity index (χ3v) is 3.32. The summed E-state index contributed by atoms with van der Waals surface area (Å²) in [4.78, 5) is 0. The Morgan fingerprint density at radius 2 is 1.69 bits per heavy atom. The number of rotatable bonds is 2. The largest absolute Gasteiger partial charge is 0.396 e. The molecular formula is C12H24O4. The summed E-state index contributed by atoms with van der Waals surface area (Å²) < 4.78 is 5.12. The predicted octanol–water partition coefficient (Wildman–Crippen LogP) is 0.542. The highest BCUT2D eigenvalue weighted by molar-refractivity contribution is 4.78. The Morgan fingerprint density at radius 3 is 1.88 bits per heavy atom. The van der Waals surface area contributed by atoms with Crippen LogP contribution in [0.3, 0.4) is 0 Å². The maximum atomic E-state index is 9.07. The minimum atomic E-state index is -0.468. The van der Waals surface area contributed by atoms with Crippen molar-refractivity contribution in [3.05, 3.63) is 0 Å². The maximum absolute atomic E-state index is 9.07. The zero-order valence-corrected chi connectivity index (χ0v) is 10.2. The first-order valence-electron chi connectivity index (χ1n) is 6.12. The molecule has 0 aromatic rings. The van der Waals surface area contributed by atoms with Crippen molar-refractivity contribution in [3.8, 4) is 0 Å². The van der Waals surface area contributed by atoms with Crippen molar-refractivity contribution < 1.29 is 20.1 Å². The molecule has 3 atom stereocenters. The van der Waals surface area contributed by atoms with Crippen LogP contribution in [0.15, 0.2) is 0 Å². The van der Waals surface area contributed by atoms with Crippen LogP contribution in [0, 0.1) is 11.8 Å². The quantitative estimate of drug-likeness (QED) is 0.650. The lowest BCUT2D eigenvalue weighted by Gasteiger charge is -2.30. The molecule has 1 saturated heterocycles. The number of hydrogen-bond acceptors (Lipinski definition) is 4. The first-order valence-corrected chi connectivity index (χ1v) is 6.12. The molecule has 0 spiro atoms. The van der Waals surface area contributed by atoms with E-state index in [2.05, 4.69) is 6.92 Å². The molecule has 0 amide bonds. The fraction of sp³-hybridized carbons (Fsp3) is 1.00. The van der Waals surface area contributed by atoms with E-state index in [-0.39, 0.29) is 18.8 Å². The lowest BCUT2D eigenvalue weighted by Crippen LogP contribution is -2.24. The second-order valence-electron chi connectivity index (χ2n) is 5.10. The van der Waals surface area contributed by atoms with Gasteiger partial charge in [-0.25, -0.2) is 0 Å². The van der Waals surface area contributed by atoms with Crippen molar-refractivity contribution in [1.29, 1.82) is 0 Å². The van der Waals surface area contributed by atoms with Crippen LogP contribution < -0.4 is 0 Å². The molecule has 96 valence electrons. The van der Waals surface area contributed by atoms with Crippen molar-refractivity contribution in [2.24, 2.45) is 11.8 Å². The van der Waals surface area contributed by atoms with Crippen LogP contribution in [-0.2, 0) is 4.74 Å². The standard InChI is InChI=1S/C6H12O3.C6H12O/c1-4-2-5(8)6(3-7)9-4;1-5-2-6(3-5)4-7/h4-8H,2-3H2,1H3;5-7H,2-4H2,1H3. The molecule has 0 aromatic carbocycles. The van der Waals surface area contributed by atoms with E-state index in [0.717, 1.165) is 5.92 Å². The highest BCUT2D eigenvalue weighted by Gasteiger charge is 2.30. The molecule has 16 heavy (non-hydrogen) atoms. The summed E-state index contributed by atoms with van der Waals surface area (Å²) in [7, 11) is 0. The summed E-state index contributed by atoms with van der Waals surface area (Å²) in [6.07, 6.45) is 2.42. The van der Waals surface area contributed by atoms with Crippen LogP contribution in [-0.4, -0.2) is 46.8 Å². The molecule has 2 fully saturated rings. The Kier molecular flexibility index (Phi) is 5.69. The molecule has 1 aliphatic carbocycles. The summed E-state index contributed by atoms with van der Waals surface area (Å²) in [5.74, 6) is 1.53. The van der Waals surface area contributed by atoms with Gasteiger partial charge in [0.1, 0.15) is 6.10 Å². The fourth-order valence-corrected chi connectivity index (χ4v) is 2.32. The molecule has 1 saturated carbocycles. The zero-order valence-electron chi connectivity index (χ0n) is 10.2. The molecule has 3 N–H and O–H groups in total. The van der Waals surface area contributed by atoms with Crippen LogP contribution >= 0.6 is 0 Å². The number of aliphatic hydroxyl groups is 3. The average Bonchev–Trinajstić information content (AvgIpc) is 2.53. The lowest BCUT2D eigenvalue weighted by molar-refractivity contribution is -0.0170. The molecule has 2 aliphatic rings. The van der Waals surface area contributed by atoms with Gasteiger partial charge in [0.15, 0.2) is 0 Å². The van der Waals surface area contributed by atoms with Gasteiger partial charge >= 0.3 is 0 Å². The van der Waals surface area contributed by atoms with E-state index >= 15 is 0 Å². The van der Waals surface area contributed by atoms with Gasteiger partial charge in [-0.3, -0.25) is 0 Å². The smallest absolute Gasteiger partial charge is 0.107 e. The van der Waals surface area contributed by atoms with Gasteiger partial charge < -0.3 is 20.1 Å². The second kappa shape index (κ2) is 6.55. The Balaban J connectivity index is 0.000000165. The molecule has 0 bridgehead atoms. The topological polar surface area (TPSA) is 69.9 Å². The molecule has 2 rings (SSSR count). The van der Waals surface area contributed by atoms with Gasteiger partial charge in [-0.05, 0) is 31.6 Å². The minimum absolute atomic E-state index is 0.0779. The van der Waals surface area contributed by atoms with Crippen LogP contribution in [0.2, 0.25) is 0 Å². The van der Waals surface area contributed by atoms with Crippen LogP contribution in [0.4, 0.5) is 0 Å². The molecular weight excluding hydrogens is 208 g/mol. The van der Waals surface area contributed by atoms with E-state index < -0.39 is 6.10 Å². The van der Waals surface area contributed by atoms with Crippen molar-refractivity contribution in [2.75, 3.05) is 13.2 Å². The third kappa shape index (κ3) is 4.01. The number of aliphatic hydroxyl groups excluding tert-OH is 3. The third-order valence-electron chi connectivity index (χ3n) is 3.32. The van der Waals surface area contributed by atoms with Gasteiger partial charge in [0.25, 0.3) is 0 Å². The van der Waals surface area contributed by atoms with Gasteiger partial charge in [0.2, 0.25) is 0 Å². The van der Waals surface area contributed by atoms with Crippen LogP contribution in [0.5, 0.6) is 0 Å². The average molecular weight is 232 g/mol. The van der Waals surface area contributed by atoms with Gasteiger partial charge in [-0.1, -0.05) is 6.92 Å². The molecule has 0 aromatic heterocycles. The minimum Gasteiger partial charge on any atom is -0.396 e. The molecule has 0 radical (unpaired) electrons. The lowest BCUT2D eigenvalue weighted by atomic mass is 9.77. The summed E-state index contributed by atoms with van der Waals surface area (Å²) in [6.45, 7) is 4.45. The molecule has 3 unspecified atom stereocenters. The van der Waals surface area contributed by atoms with E-state index in [4.69, 9.17) is 20.1 Å². The summed E-state index contributed by atoms with van der Waals surface area (Å²) in [5.41, 5.74) is 0. The SMILES string of the molecule is CC1CC(CO)C1.CC1CC(O)C(CO)O1. The van der Waals surface area contributed by atoms with E-state index in [1.165, 1.54) is 12.8 Å². The van der Waals surface area contributed by atoms with E-state index in [1.807, 2.05) is 6.92 Å². The van der Waals surface area contributed by atoms with Gasteiger partial charge in [0, 0.05) is 13.0 Å². The summed E-state index contributed by atoms with van der Waals surface area (Å²) in [6, 6.07) is 0. The van der Waals surface area contributed by atoms with Crippen molar-refractivity contribution in [1.82, 2.24) is 0 Å². The Bertz CT molecular complexity index is 191. The normalized spacial score (nSPS) is 42.2. The van der Waals surface area contributed by atoms with E-state index in [0.29, 0.717) is 18.9 Å². The summed E-state index contributed by atoms with van der Waals surface area (Å²) >= 11 is 0. The fourth-order valence-electron chi connectivity index (χ4n) is 2.32. The molecule has 1 heterocycles. The highest BCUT2D eigenvalue weighted by Crippen LogP contribution is 2.31. The molecule has 1 aliphatic heterocycles. The molecule has 4 nitrogen and oxygen atoms in total. The van der Waals surface area contributed by atoms with Crippen molar-refractivity contribution in [3.63, 3.8) is 0 Å². The van der Waals surface area contributed by atoms with Gasteiger partial charge in [0.05, 0.1) is 18.8 Å². The first-order chi connectivity index (χ1) is 7.56. The van der Waals surface area contributed by atoms with Gasteiger partial charge in [-0.15, -0.1) is 0 Å². The number of hydrogen-bond donors (Lipinski definition) is 3. The highest BCUT2D eigenvalue weighted by atomic mass is 16.5. The zero-order chi connectivity index (χ0) is 12.1.